The molecule has 1 N–H and O–H groups in total. The molecule has 0 bridgehead atoms. The van der Waals surface area contributed by atoms with Gasteiger partial charge in [0.1, 0.15) is 0 Å². The lowest BCUT2D eigenvalue weighted by molar-refractivity contribution is 0.0599. The maximum atomic E-state index is 13.1. The number of hydrogen-bond acceptors (Lipinski definition) is 6. The van der Waals surface area contributed by atoms with Crippen molar-refractivity contribution in [2.24, 2.45) is 0 Å². The molecule has 1 amide bonds. The zero-order valence-corrected chi connectivity index (χ0v) is 18.8. The van der Waals surface area contributed by atoms with Gasteiger partial charge in [-0.1, -0.05) is 6.07 Å². The number of benzene rings is 2. The van der Waals surface area contributed by atoms with Crippen LogP contribution in [0.5, 0.6) is 0 Å². The van der Waals surface area contributed by atoms with Crippen LogP contribution in [0, 0.1) is 20.8 Å². The molecule has 9 heteroatoms. The van der Waals surface area contributed by atoms with Gasteiger partial charge in [-0.2, -0.15) is 4.31 Å². The van der Waals surface area contributed by atoms with Gasteiger partial charge in [0, 0.05) is 24.3 Å². The Labute approximate surface area is 182 Å². The van der Waals surface area contributed by atoms with Gasteiger partial charge in [-0.15, -0.1) is 0 Å². The first kappa shape index (κ1) is 22.9. The Hall–Kier alpha value is -2.75. The van der Waals surface area contributed by atoms with Gasteiger partial charge in [-0.25, -0.2) is 13.2 Å². The van der Waals surface area contributed by atoms with Gasteiger partial charge in [-0.05, 0) is 61.7 Å². The molecule has 0 spiro atoms. The van der Waals surface area contributed by atoms with Crippen LogP contribution in [0.4, 0.5) is 5.69 Å². The number of rotatable bonds is 5. The van der Waals surface area contributed by atoms with E-state index in [-0.39, 0.29) is 23.5 Å². The molecule has 166 valence electrons. The lowest BCUT2D eigenvalue weighted by Gasteiger charge is -2.26. The standard InChI is InChI=1S/C22H26N2O6S/c1-14-5-6-17(12-20(14)31(27,28)24-7-9-30-10-8-24)21(25)23-18-11-15(2)16(3)19(13-18)22(26)29-4/h5-6,11-13H,7-10H2,1-4H3,(H,23,25). The number of amides is 1. The molecule has 0 saturated carbocycles. The van der Waals surface area contributed by atoms with Crippen molar-refractivity contribution in [1.82, 2.24) is 4.31 Å². The summed E-state index contributed by atoms with van der Waals surface area (Å²) < 4.78 is 37.5. The normalized spacial score (nSPS) is 14.8. The Kier molecular flexibility index (Phi) is 6.78. The van der Waals surface area contributed by atoms with E-state index in [1.165, 1.54) is 17.5 Å². The largest absolute Gasteiger partial charge is 0.465 e. The van der Waals surface area contributed by atoms with Crippen LogP contribution in [0.2, 0.25) is 0 Å². The predicted octanol–water partition coefficient (Wildman–Crippen LogP) is 2.67. The van der Waals surface area contributed by atoms with Gasteiger partial charge < -0.3 is 14.8 Å². The summed E-state index contributed by atoms with van der Waals surface area (Å²) in [4.78, 5) is 25.0. The number of nitrogens with one attached hydrogen (secondary N) is 1. The highest BCUT2D eigenvalue weighted by molar-refractivity contribution is 7.89. The van der Waals surface area contributed by atoms with Crippen LogP contribution in [0.25, 0.3) is 0 Å². The number of hydrogen-bond donors (Lipinski definition) is 1. The Morgan fingerprint density at radius 3 is 2.35 bits per heavy atom. The molecule has 0 aliphatic carbocycles. The first-order valence-corrected chi connectivity index (χ1v) is 11.3. The number of ether oxygens (including phenoxy) is 2. The molecule has 1 aliphatic rings. The van der Waals surface area contributed by atoms with Crippen molar-refractivity contribution < 1.29 is 27.5 Å². The van der Waals surface area contributed by atoms with Gasteiger partial charge in [0.15, 0.2) is 0 Å². The summed E-state index contributed by atoms with van der Waals surface area (Å²) in [5, 5.41) is 2.75. The first-order valence-electron chi connectivity index (χ1n) is 9.84. The topological polar surface area (TPSA) is 102 Å². The fourth-order valence-corrected chi connectivity index (χ4v) is 5.06. The zero-order chi connectivity index (χ0) is 22.8. The number of esters is 1. The summed E-state index contributed by atoms with van der Waals surface area (Å²) in [6.45, 7) is 6.56. The van der Waals surface area contributed by atoms with Crippen molar-refractivity contribution in [3.8, 4) is 0 Å². The van der Waals surface area contributed by atoms with E-state index in [1.807, 2.05) is 6.92 Å². The third-order valence-corrected chi connectivity index (χ3v) is 7.41. The fourth-order valence-electron chi connectivity index (χ4n) is 3.40. The third kappa shape index (κ3) is 4.79. The second kappa shape index (κ2) is 9.17. The quantitative estimate of drug-likeness (QED) is 0.709. The molecule has 0 aromatic heterocycles. The molecule has 3 rings (SSSR count). The highest BCUT2D eigenvalue weighted by atomic mass is 32.2. The van der Waals surface area contributed by atoms with Gasteiger partial charge in [-0.3, -0.25) is 4.79 Å². The maximum absolute atomic E-state index is 13.1. The summed E-state index contributed by atoms with van der Waals surface area (Å²) in [6.07, 6.45) is 0. The van der Waals surface area contributed by atoms with Crippen molar-refractivity contribution in [2.75, 3.05) is 38.7 Å². The minimum atomic E-state index is -3.74. The number of methoxy groups -OCH3 is 1. The molecule has 1 aliphatic heterocycles. The molecule has 2 aromatic carbocycles. The smallest absolute Gasteiger partial charge is 0.338 e. The molecule has 1 fully saturated rings. The summed E-state index contributed by atoms with van der Waals surface area (Å²) in [7, 11) is -2.45. The van der Waals surface area contributed by atoms with E-state index in [2.05, 4.69) is 5.32 Å². The van der Waals surface area contributed by atoms with Crippen LogP contribution in [0.3, 0.4) is 0 Å². The van der Waals surface area contributed by atoms with Gasteiger partial charge in [0.05, 0.1) is 30.8 Å². The van der Waals surface area contributed by atoms with E-state index in [0.717, 1.165) is 11.1 Å². The zero-order valence-electron chi connectivity index (χ0n) is 18.0. The summed E-state index contributed by atoms with van der Waals surface area (Å²) in [6, 6.07) is 7.87. The van der Waals surface area contributed by atoms with Crippen LogP contribution in [0.1, 0.15) is 37.4 Å². The molecule has 1 heterocycles. The minimum Gasteiger partial charge on any atom is -0.465 e. The Bertz CT molecular complexity index is 1120. The minimum absolute atomic E-state index is 0.0948. The number of carbonyl (C=O) groups excluding carboxylic acids is 2. The van der Waals surface area contributed by atoms with E-state index in [1.54, 1.807) is 38.1 Å². The van der Waals surface area contributed by atoms with Crippen LogP contribution in [-0.4, -0.2) is 58.0 Å². The second-order valence-corrected chi connectivity index (χ2v) is 9.31. The second-order valence-electron chi connectivity index (χ2n) is 7.41. The predicted molar refractivity (Wildman–Crippen MR) is 116 cm³/mol. The van der Waals surface area contributed by atoms with Crippen molar-refractivity contribution in [3.05, 3.63) is 58.1 Å². The SMILES string of the molecule is COC(=O)c1cc(NC(=O)c2ccc(C)c(S(=O)(=O)N3CCOCC3)c2)cc(C)c1C. The Morgan fingerprint density at radius 2 is 1.71 bits per heavy atom. The van der Waals surface area contributed by atoms with Gasteiger partial charge in [0.2, 0.25) is 10.0 Å². The summed E-state index contributed by atoms with van der Waals surface area (Å²) in [5.41, 5.74) is 3.12. The Balaban J connectivity index is 1.91. The molecular formula is C22H26N2O6S. The van der Waals surface area contributed by atoms with Crippen molar-refractivity contribution >= 4 is 27.6 Å². The van der Waals surface area contributed by atoms with Gasteiger partial charge in [0.25, 0.3) is 5.91 Å². The number of morpholine rings is 1. The molecule has 8 nitrogen and oxygen atoms in total. The first-order chi connectivity index (χ1) is 14.6. The fraction of sp³-hybridized carbons (Fsp3) is 0.364. The summed E-state index contributed by atoms with van der Waals surface area (Å²) in [5.74, 6) is -0.969. The number of anilines is 1. The van der Waals surface area contributed by atoms with E-state index in [9.17, 15) is 18.0 Å². The number of carbonyl (C=O) groups is 2. The lowest BCUT2D eigenvalue weighted by Crippen LogP contribution is -2.40. The summed E-state index contributed by atoms with van der Waals surface area (Å²) >= 11 is 0. The average Bonchev–Trinajstić information content (AvgIpc) is 2.76. The van der Waals surface area contributed by atoms with E-state index >= 15 is 0 Å². The monoisotopic (exact) mass is 446 g/mol. The van der Waals surface area contributed by atoms with Crippen molar-refractivity contribution in [2.45, 2.75) is 25.7 Å². The number of nitrogens with zero attached hydrogens (tertiary/aromatic N) is 1. The van der Waals surface area contributed by atoms with Crippen LogP contribution in [-0.2, 0) is 19.5 Å². The molecule has 0 atom stereocenters. The number of aryl methyl sites for hydroxylation is 2. The van der Waals surface area contributed by atoms with Gasteiger partial charge >= 0.3 is 5.97 Å². The average molecular weight is 447 g/mol. The van der Waals surface area contributed by atoms with Crippen LogP contribution >= 0.6 is 0 Å². The van der Waals surface area contributed by atoms with E-state index in [4.69, 9.17) is 9.47 Å². The molecule has 2 aromatic rings. The Morgan fingerprint density at radius 1 is 1.03 bits per heavy atom. The number of sulfonamides is 1. The molecule has 0 unspecified atom stereocenters. The van der Waals surface area contributed by atoms with E-state index in [0.29, 0.717) is 30.0 Å². The maximum Gasteiger partial charge on any atom is 0.338 e. The van der Waals surface area contributed by atoms with Crippen molar-refractivity contribution in [3.63, 3.8) is 0 Å². The molecular weight excluding hydrogens is 420 g/mol. The van der Waals surface area contributed by atoms with Crippen LogP contribution in [0.15, 0.2) is 35.2 Å². The highest BCUT2D eigenvalue weighted by Crippen LogP contribution is 2.24. The van der Waals surface area contributed by atoms with Crippen LogP contribution < -0.4 is 5.32 Å². The van der Waals surface area contributed by atoms with E-state index < -0.39 is 21.9 Å². The molecule has 0 radical (unpaired) electrons. The highest BCUT2D eigenvalue weighted by Gasteiger charge is 2.28. The third-order valence-electron chi connectivity index (χ3n) is 5.37. The molecule has 1 saturated heterocycles. The lowest BCUT2D eigenvalue weighted by atomic mass is 10.0. The van der Waals surface area contributed by atoms with Crippen molar-refractivity contribution in [1.29, 1.82) is 0 Å². The molecule has 31 heavy (non-hydrogen) atoms.